The number of benzene rings is 1. The van der Waals surface area contributed by atoms with Crippen molar-refractivity contribution in [3.8, 4) is 0 Å². The number of esters is 1. The SMILES string of the molecule is COC(=O)CCN(C)c1ccc(S(=O)(=O)C(F)F)cc1. The summed E-state index contributed by atoms with van der Waals surface area (Å²) in [4.78, 5) is 12.3. The van der Waals surface area contributed by atoms with Crippen molar-refractivity contribution in [3.05, 3.63) is 24.3 Å². The van der Waals surface area contributed by atoms with E-state index < -0.39 is 20.5 Å². The third-order valence-electron chi connectivity index (χ3n) is 2.72. The Balaban J connectivity index is 2.79. The van der Waals surface area contributed by atoms with E-state index in [2.05, 4.69) is 4.74 Å². The number of hydrogen-bond acceptors (Lipinski definition) is 5. The molecule has 0 spiro atoms. The normalized spacial score (nSPS) is 11.4. The van der Waals surface area contributed by atoms with Crippen molar-refractivity contribution < 1.29 is 26.7 Å². The molecule has 0 atom stereocenters. The first-order chi connectivity index (χ1) is 9.28. The lowest BCUT2D eigenvalue weighted by Crippen LogP contribution is -2.21. The van der Waals surface area contributed by atoms with Gasteiger partial charge in [-0.05, 0) is 24.3 Å². The standard InChI is InChI=1S/C12H15F2NO4S/c1-15(8-7-11(16)19-2)9-3-5-10(6-4-9)20(17,18)12(13)14/h3-6,12H,7-8H2,1-2H3. The second-order valence-corrected chi connectivity index (χ2v) is 5.97. The van der Waals surface area contributed by atoms with E-state index >= 15 is 0 Å². The van der Waals surface area contributed by atoms with Crippen LogP contribution in [0.4, 0.5) is 14.5 Å². The predicted octanol–water partition coefficient (Wildman–Crippen LogP) is 1.68. The van der Waals surface area contributed by atoms with Crippen LogP contribution in [0.3, 0.4) is 0 Å². The van der Waals surface area contributed by atoms with Crippen molar-refractivity contribution in [2.75, 3.05) is 25.6 Å². The van der Waals surface area contributed by atoms with Gasteiger partial charge in [0, 0.05) is 19.3 Å². The van der Waals surface area contributed by atoms with Crippen molar-refractivity contribution in [1.29, 1.82) is 0 Å². The molecule has 0 saturated heterocycles. The van der Waals surface area contributed by atoms with E-state index in [9.17, 15) is 22.0 Å². The number of sulfone groups is 1. The van der Waals surface area contributed by atoms with Gasteiger partial charge in [0.15, 0.2) is 0 Å². The Morgan fingerprint density at radius 3 is 2.30 bits per heavy atom. The highest BCUT2D eigenvalue weighted by atomic mass is 32.2. The summed E-state index contributed by atoms with van der Waals surface area (Å²) in [6.07, 6.45) is 0.171. The van der Waals surface area contributed by atoms with Crippen LogP contribution in [0.15, 0.2) is 29.2 Å². The highest BCUT2D eigenvalue weighted by Crippen LogP contribution is 2.21. The van der Waals surface area contributed by atoms with Gasteiger partial charge >= 0.3 is 11.7 Å². The average molecular weight is 307 g/mol. The highest BCUT2D eigenvalue weighted by molar-refractivity contribution is 7.91. The molecule has 0 aliphatic heterocycles. The number of halogens is 2. The number of rotatable bonds is 6. The molecule has 1 rings (SSSR count). The molecule has 0 bridgehead atoms. The first kappa shape index (κ1) is 16.4. The molecule has 112 valence electrons. The average Bonchev–Trinajstić information content (AvgIpc) is 2.44. The first-order valence-electron chi connectivity index (χ1n) is 5.69. The Labute approximate surface area is 116 Å². The minimum Gasteiger partial charge on any atom is -0.469 e. The summed E-state index contributed by atoms with van der Waals surface area (Å²) in [7, 11) is -1.60. The molecule has 0 amide bonds. The summed E-state index contributed by atoms with van der Waals surface area (Å²) in [5.41, 5.74) is 0.613. The van der Waals surface area contributed by atoms with Gasteiger partial charge in [-0.2, -0.15) is 8.78 Å². The largest absolute Gasteiger partial charge is 0.469 e. The van der Waals surface area contributed by atoms with E-state index in [1.807, 2.05) is 0 Å². The van der Waals surface area contributed by atoms with Gasteiger partial charge in [0.25, 0.3) is 0 Å². The molecular weight excluding hydrogens is 292 g/mol. The second-order valence-electron chi connectivity index (χ2n) is 4.05. The summed E-state index contributed by atoms with van der Waals surface area (Å²) in [6, 6.07) is 5.05. The van der Waals surface area contributed by atoms with Gasteiger partial charge in [0.1, 0.15) is 0 Å². The molecule has 5 nitrogen and oxygen atoms in total. The predicted molar refractivity (Wildman–Crippen MR) is 69.5 cm³/mol. The monoisotopic (exact) mass is 307 g/mol. The number of hydrogen-bond donors (Lipinski definition) is 0. The van der Waals surface area contributed by atoms with Crippen molar-refractivity contribution >= 4 is 21.5 Å². The van der Waals surface area contributed by atoms with Crippen LogP contribution in [0.2, 0.25) is 0 Å². The zero-order valence-corrected chi connectivity index (χ0v) is 11.9. The topological polar surface area (TPSA) is 63.7 Å². The third kappa shape index (κ3) is 3.89. The lowest BCUT2D eigenvalue weighted by atomic mass is 10.3. The number of carbonyl (C=O) groups is 1. The van der Waals surface area contributed by atoms with Crippen LogP contribution in [0, 0.1) is 0 Å². The lowest BCUT2D eigenvalue weighted by Gasteiger charge is -2.18. The minimum absolute atomic E-state index is 0.171. The number of ether oxygens (including phenoxy) is 1. The molecule has 20 heavy (non-hydrogen) atoms. The van der Waals surface area contributed by atoms with Crippen LogP contribution in [0.25, 0.3) is 0 Å². The van der Waals surface area contributed by atoms with E-state index in [0.29, 0.717) is 12.2 Å². The summed E-state index contributed by atoms with van der Waals surface area (Å²) in [5, 5.41) is 0. The summed E-state index contributed by atoms with van der Waals surface area (Å²) >= 11 is 0. The van der Waals surface area contributed by atoms with Gasteiger partial charge in [-0.15, -0.1) is 0 Å². The molecule has 0 N–H and O–H groups in total. The van der Waals surface area contributed by atoms with E-state index in [1.54, 1.807) is 11.9 Å². The Morgan fingerprint density at radius 1 is 1.30 bits per heavy atom. The number of nitrogens with zero attached hydrogens (tertiary/aromatic N) is 1. The molecule has 0 fully saturated rings. The summed E-state index contributed by atoms with van der Waals surface area (Å²) in [6.45, 7) is 0.369. The Bertz CT molecular complexity index is 557. The number of carbonyl (C=O) groups excluding carboxylic acids is 1. The van der Waals surface area contributed by atoms with Crippen molar-refractivity contribution in [2.45, 2.75) is 17.1 Å². The van der Waals surface area contributed by atoms with Crippen LogP contribution in [0.1, 0.15) is 6.42 Å². The molecule has 0 saturated carbocycles. The van der Waals surface area contributed by atoms with Crippen LogP contribution in [-0.2, 0) is 19.4 Å². The molecule has 1 aromatic carbocycles. The van der Waals surface area contributed by atoms with E-state index in [1.165, 1.54) is 19.2 Å². The maximum atomic E-state index is 12.4. The molecule has 0 aliphatic rings. The van der Waals surface area contributed by atoms with Crippen LogP contribution in [-0.4, -0.2) is 40.8 Å². The zero-order valence-electron chi connectivity index (χ0n) is 11.0. The molecule has 0 aliphatic carbocycles. The van der Waals surface area contributed by atoms with Crippen molar-refractivity contribution in [3.63, 3.8) is 0 Å². The second kappa shape index (κ2) is 6.65. The number of alkyl halides is 2. The summed E-state index contributed by atoms with van der Waals surface area (Å²) < 4.78 is 51.7. The highest BCUT2D eigenvalue weighted by Gasteiger charge is 2.26. The van der Waals surface area contributed by atoms with Gasteiger partial charge in [0.05, 0.1) is 18.4 Å². The fourth-order valence-electron chi connectivity index (χ4n) is 1.48. The Kier molecular flexibility index (Phi) is 5.43. The maximum Gasteiger partial charge on any atom is 0.341 e. The Morgan fingerprint density at radius 2 is 1.85 bits per heavy atom. The smallest absolute Gasteiger partial charge is 0.341 e. The van der Waals surface area contributed by atoms with Gasteiger partial charge in [-0.1, -0.05) is 0 Å². The maximum absolute atomic E-state index is 12.4. The van der Waals surface area contributed by atoms with Crippen LogP contribution in [0.5, 0.6) is 0 Å². The third-order valence-corrected chi connectivity index (χ3v) is 4.12. The lowest BCUT2D eigenvalue weighted by molar-refractivity contribution is -0.140. The van der Waals surface area contributed by atoms with Crippen LogP contribution < -0.4 is 4.90 Å². The molecule has 0 aromatic heterocycles. The molecule has 0 radical (unpaired) electrons. The molecular formula is C12H15F2NO4S. The van der Waals surface area contributed by atoms with Gasteiger partial charge in [-0.25, -0.2) is 8.42 Å². The van der Waals surface area contributed by atoms with Crippen molar-refractivity contribution in [2.24, 2.45) is 0 Å². The molecule has 8 heteroatoms. The van der Waals surface area contributed by atoms with Crippen LogP contribution >= 0.6 is 0 Å². The molecule has 0 unspecified atom stereocenters. The first-order valence-corrected chi connectivity index (χ1v) is 7.23. The van der Waals surface area contributed by atoms with Gasteiger partial charge in [-0.3, -0.25) is 4.79 Å². The summed E-state index contributed by atoms with van der Waals surface area (Å²) in [5.74, 6) is -3.81. The minimum atomic E-state index is -4.57. The van der Waals surface area contributed by atoms with E-state index in [4.69, 9.17) is 0 Å². The fourth-order valence-corrected chi connectivity index (χ4v) is 2.20. The van der Waals surface area contributed by atoms with Gasteiger partial charge in [0.2, 0.25) is 9.84 Å². The quantitative estimate of drug-likeness (QED) is 0.748. The van der Waals surface area contributed by atoms with Crippen molar-refractivity contribution in [1.82, 2.24) is 0 Å². The van der Waals surface area contributed by atoms with Gasteiger partial charge < -0.3 is 9.64 Å². The molecule has 0 heterocycles. The molecule has 1 aromatic rings. The number of anilines is 1. The van der Waals surface area contributed by atoms with E-state index in [0.717, 1.165) is 12.1 Å². The van der Waals surface area contributed by atoms with E-state index in [-0.39, 0.29) is 12.4 Å². The zero-order chi connectivity index (χ0) is 15.3. The number of methoxy groups -OCH3 is 1. The Hall–Kier alpha value is -1.70. The fraction of sp³-hybridized carbons (Fsp3) is 0.417.